The van der Waals surface area contributed by atoms with Gasteiger partial charge in [-0.25, -0.2) is 4.79 Å². The van der Waals surface area contributed by atoms with E-state index >= 15 is 0 Å². The number of phenolic OH excluding ortho intramolecular Hbond substituents is 1. The average Bonchev–Trinajstić information content (AvgIpc) is 2.49. The Morgan fingerprint density at radius 1 is 1.15 bits per heavy atom. The molecule has 26 heavy (non-hydrogen) atoms. The summed E-state index contributed by atoms with van der Waals surface area (Å²) in [4.78, 5) is 11.9. The van der Waals surface area contributed by atoms with Crippen molar-refractivity contribution in [2.24, 2.45) is 0 Å². The molecule has 9 heteroatoms. The number of amides is 1. The van der Waals surface area contributed by atoms with Crippen LogP contribution in [0.4, 0.5) is 18.0 Å². The number of alkyl halides is 3. The zero-order valence-corrected chi connectivity index (χ0v) is 14.9. The van der Waals surface area contributed by atoms with Gasteiger partial charge in [-0.15, -0.1) is 0 Å². The molecule has 0 unspecified atom stereocenters. The number of hydrogen-bond donors (Lipinski definition) is 4. The van der Waals surface area contributed by atoms with Crippen LogP contribution in [0.25, 0.3) is 0 Å². The molecule has 0 aliphatic heterocycles. The number of aliphatic hydroxyl groups excluding tert-OH is 2. The monoisotopic (exact) mass is 379 g/mol. The van der Waals surface area contributed by atoms with Gasteiger partial charge >= 0.3 is 12.3 Å². The van der Waals surface area contributed by atoms with Crippen LogP contribution < -0.4 is 5.32 Å². The lowest BCUT2D eigenvalue weighted by Crippen LogP contribution is -2.55. The largest absolute Gasteiger partial charge is 0.507 e. The van der Waals surface area contributed by atoms with Gasteiger partial charge in [-0.2, -0.15) is 13.2 Å². The predicted octanol–water partition coefficient (Wildman–Crippen LogP) is 2.59. The van der Waals surface area contributed by atoms with Gasteiger partial charge in [0.2, 0.25) is 0 Å². The number of hydrogen-bond acceptors (Lipinski definition) is 5. The van der Waals surface area contributed by atoms with Crippen LogP contribution >= 0.6 is 0 Å². The molecule has 0 saturated carbocycles. The number of nitrogens with one attached hydrogen (secondary N) is 1. The molecule has 0 atom stereocenters. The minimum atomic E-state index is -4.71. The van der Waals surface area contributed by atoms with E-state index in [0.717, 1.165) is 12.1 Å². The van der Waals surface area contributed by atoms with Crippen LogP contribution in [0.1, 0.15) is 38.3 Å². The normalized spacial score (nSPS) is 12.8. The van der Waals surface area contributed by atoms with Crippen LogP contribution in [0, 0.1) is 0 Å². The van der Waals surface area contributed by atoms with E-state index in [-0.39, 0.29) is 18.4 Å². The van der Waals surface area contributed by atoms with Crippen molar-refractivity contribution in [3.05, 3.63) is 29.3 Å². The minimum Gasteiger partial charge on any atom is -0.507 e. The summed E-state index contributed by atoms with van der Waals surface area (Å²) in [6.07, 6.45) is -5.59. The van der Waals surface area contributed by atoms with Gasteiger partial charge in [0.1, 0.15) is 11.4 Å². The van der Waals surface area contributed by atoms with Gasteiger partial charge in [0, 0.05) is 0 Å². The second-order valence-electron chi connectivity index (χ2n) is 7.07. The minimum absolute atomic E-state index is 0.0142. The first kappa shape index (κ1) is 22.0. The summed E-state index contributed by atoms with van der Waals surface area (Å²) < 4.78 is 43.6. The summed E-state index contributed by atoms with van der Waals surface area (Å²) in [5.74, 6) is -0.885. The van der Waals surface area contributed by atoms with E-state index in [2.05, 4.69) is 5.32 Å². The second-order valence-corrected chi connectivity index (χ2v) is 7.07. The molecule has 148 valence electrons. The maximum absolute atomic E-state index is 12.9. The third-order valence-corrected chi connectivity index (χ3v) is 3.63. The number of aliphatic hydroxyl groups is 2. The van der Waals surface area contributed by atoms with E-state index in [4.69, 9.17) is 4.74 Å². The smallest absolute Gasteiger partial charge is 0.419 e. The number of rotatable bonds is 6. The van der Waals surface area contributed by atoms with Gasteiger partial charge in [0.05, 0.1) is 24.3 Å². The molecular formula is C17H24F3NO5. The van der Waals surface area contributed by atoms with E-state index < -0.39 is 47.9 Å². The summed E-state index contributed by atoms with van der Waals surface area (Å²) in [5, 5.41) is 30.9. The van der Waals surface area contributed by atoms with Gasteiger partial charge in [-0.05, 0) is 51.3 Å². The van der Waals surface area contributed by atoms with Crippen molar-refractivity contribution in [2.45, 2.75) is 50.9 Å². The van der Waals surface area contributed by atoms with Crippen molar-refractivity contribution in [3.63, 3.8) is 0 Å². The van der Waals surface area contributed by atoms with Crippen molar-refractivity contribution in [3.8, 4) is 5.75 Å². The van der Waals surface area contributed by atoms with Gasteiger partial charge in [0.25, 0.3) is 0 Å². The Hall–Kier alpha value is -2.00. The number of carbonyl (C=O) groups excluding carboxylic acids is 1. The van der Waals surface area contributed by atoms with E-state index in [0.29, 0.717) is 0 Å². The molecule has 0 radical (unpaired) electrons. The van der Waals surface area contributed by atoms with Crippen LogP contribution in [-0.4, -0.2) is 45.8 Å². The highest BCUT2D eigenvalue weighted by molar-refractivity contribution is 5.68. The van der Waals surface area contributed by atoms with Crippen molar-refractivity contribution in [2.75, 3.05) is 13.2 Å². The Kier molecular flexibility index (Phi) is 6.89. The molecule has 0 heterocycles. The van der Waals surface area contributed by atoms with E-state index in [1.165, 1.54) is 6.07 Å². The number of ether oxygens (including phenoxy) is 1. The van der Waals surface area contributed by atoms with Crippen LogP contribution in [0.2, 0.25) is 0 Å². The lowest BCUT2D eigenvalue weighted by atomic mass is 9.92. The lowest BCUT2D eigenvalue weighted by molar-refractivity contribution is -0.138. The summed E-state index contributed by atoms with van der Waals surface area (Å²) in [7, 11) is 0. The van der Waals surface area contributed by atoms with Gasteiger partial charge in [0.15, 0.2) is 0 Å². The van der Waals surface area contributed by atoms with Crippen LogP contribution in [-0.2, 0) is 17.3 Å². The summed E-state index contributed by atoms with van der Waals surface area (Å²) >= 11 is 0. The first-order chi connectivity index (χ1) is 11.8. The maximum atomic E-state index is 12.9. The zero-order valence-electron chi connectivity index (χ0n) is 14.9. The predicted molar refractivity (Wildman–Crippen MR) is 87.7 cm³/mol. The molecule has 0 aromatic heterocycles. The fourth-order valence-electron chi connectivity index (χ4n) is 2.22. The number of aryl methyl sites for hydroxylation is 1. The maximum Gasteiger partial charge on any atom is 0.419 e. The molecule has 1 aromatic carbocycles. The van der Waals surface area contributed by atoms with Gasteiger partial charge < -0.3 is 25.4 Å². The van der Waals surface area contributed by atoms with Crippen molar-refractivity contribution < 1.29 is 38.0 Å². The van der Waals surface area contributed by atoms with Crippen molar-refractivity contribution >= 4 is 6.09 Å². The Morgan fingerprint density at radius 2 is 1.73 bits per heavy atom. The summed E-state index contributed by atoms with van der Waals surface area (Å²) in [6, 6.07) is 3.03. The standard InChI is InChI=1S/C17H24F3NO5/c1-15(2,3)26-14(25)21-16(9-22,10-23)7-6-11-4-5-13(24)12(8-11)17(18,19)20/h4-5,8,22-24H,6-7,9-10H2,1-3H3,(H,21,25). The van der Waals surface area contributed by atoms with E-state index in [1.54, 1.807) is 20.8 Å². The van der Waals surface area contributed by atoms with Gasteiger partial charge in [-0.3, -0.25) is 0 Å². The summed E-state index contributed by atoms with van der Waals surface area (Å²) in [6.45, 7) is 3.66. The molecule has 0 aliphatic rings. The number of phenols is 1. The Balaban J connectivity index is 2.91. The van der Waals surface area contributed by atoms with Crippen LogP contribution in [0.5, 0.6) is 5.75 Å². The fourth-order valence-corrected chi connectivity index (χ4v) is 2.22. The molecule has 0 aliphatic carbocycles. The fraction of sp³-hybridized carbons (Fsp3) is 0.588. The first-order valence-corrected chi connectivity index (χ1v) is 7.94. The Bertz CT molecular complexity index is 622. The molecule has 6 nitrogen and oxygen atoms in total. The number of aromatic hydroxyl groups is 1. The zero-order chi connectivity index (χ0) is 20.2. The molecule has 1 amide bonds. The van der Waals surface area contributed by atoms with Gasteiger partial charge in [-0.1, -0.05) is 6.07 Å². The average molecular weight is 379 g/mol. The summed E-state index contributed by atoms with van der Waals surface area (Å²) in [5.41, 5.74) is -3.20. The number of benzene rings is 1. The molecule has 0 bridgehead atoms. The molecule has 0 spiro atoms. The van der Waals surface area contributed by atoms with E-state index in [1.807, 2.05) is 0 Å². The van der Waals surface area contributed by atoms with Crippen molar-refractivity contribution in [1.29, 1.82) is 0 Å². The van der Waals surface area contributed by atoms with E-state index in [9.17, 15) is 33.3 Å². The highest BCUT2D eigenvalue weighted by atomic mass is 19.4. The van der Waals surface area contributed by atoms with Crippen molar-refractivity contribution in [1.82, 2.24) is 5.32 Å². The van der Waals surface area contributed by atoms with Crippen LogP contribution in [0.15, 0.2) is 18.2 Å². The molecule has 0 fully saturated rings. The number of carbonyl (C=O) groups is 1. The second kappa shape index (κ2) is 8.13. The number of halogens is 3. The third kappa shape index (κ3) is 6.38. The highest BCUT2D eigenvalue weighted by Gasteiger charge is 2.35. The van der Waals surface area contributed by atoms with Crippen LogP contribution in [0.3, 0.4) is 0 Å². The molecule has 1 rings (SSSR count). The highest BCUT2D eigenvalue weighted by Crippen LogP contribution is 2.36. The lowest BCUT2D eigenvalue weighted by Gasteiger charge is -2.32. The topological polar surface area (TPSA) is 99.0 Å². The molecule has 0 saturated heterocycles. The Morgan fingerprint density at radius 3 is 2.19 bits per heavy atom. The molecular weight excluding hydrogens is 355 g/mol. The quantitative estimate of drug-likeness (QED) is 0.609. The SMILES string of the molecule is CC(C)(C)OC(=O)NC(CO)(CO)CCc1ccc(O)c(C(F)(F)F)c1. The molecule has 4 N–H and O–H groups in total. The molecule has 1 aromatic rings. The Labute approximate surface area is 149 Å². The third-order valence-electron chi connectivity index (χ3n) is 3.63. The number of alkyl carbamates (subject to hydrolysis) is 1. The first-order valence-electron chi connectivity index (χ1n) is 7.94.